The number of cyclic esters (lactones) is 2. The number of ketones is 1. The van der Waals surface area contributed by atoms with Crippen molar-refractivity contribution in [3.05, 3.63) is 35.9 Å². The van der Waals surface area contributed by atoms with E-state index in [0.717, 1.165) is 75.9 Å². The standard InChI is InChI=1S/C47H62N2O9/c1-42(2)35-34(50)36(51)46(28-8-4-5-9-28)33(45(35)24-55-41(53)44(40(45)58-42)17-6-7-18-44)14-19-43(3)37(56-39(52)38-47(43,46)57-38)30-16-21-54-32(30)13-11-26-10-12-29-27(22-26)15-20-49-25-48-23-31(29)49/h15-16,20-21,26-29,31,33,35-38,40,48,51H,4-14,17-19,22-25H2,1-3H3. The number of carbonyl (C=O) groups is 3. The molecule has 5 aliphatic carbocycles. The minimum absolute atomic E-state index is 0.0515. The van der Waals surface area contributed by atoms with Crippen molar-refractivity contribution in [2.24, 2.45) is 57.2 Å². The van der Waals surface area contributed by atoms with E-state index in [1.54, 1.807) is 6.26 Å². The number of fused-ring (bicyclic) bond motifs is 5. The SMILES string of the molecule is CC1(C)OC2C3(CCCC3)C(=O)OCC23C1C(=O)C(O)C1(C2CCCC2)C3CCC2(C)C(c3ccoc3CCC3CCC4C(C=CN5CNCC45)C3)OC(=O)C3OC321. The van der Waals surface area contributed by atoms with Crippen LogP contribution < -0.4 is 5.32 Å². The number of furan rings is 1. The van der Waals surface area contributed by atoms with Crippen LogP contribution in [0.2, 0.25) is 0 Å². The normalized spacial score (nSPS) is 49.3. The molecule has 6 aliphatic heterocycles. The van der Waals surface area contributed by atoms with Crippen LogP contribution in [0, 0.1) is 57.2 Å². The van der Waals surface area contributed by atoms with E-state index in [0.29, 0.717) is 49.5 Å². The lowest BCUT2D eigenvalue weighted by Crippen LogP contribution is -2.79. The van der Waals surface area contributed by atoms with Crippen LogP contribution >= 0.6 is 0 Å². The largest absolute Gasteiger partial charge is 0.469 e. The van der Waals surface area contributed by atoms with Gasteiger partial charge < -0.3 is 33.4 Å². The van der Waals surface area contributed by atoms with E-state index in [2.05, 4.69) is 29.4 Å². The van der Waals surface area contributed by atoms with Crippen molar-refractivity contribution >= 4 is 17.7 Å². The van der Waals surface area contributed by atoms with E-state index >= 15 is 4.79 Å². The van der Waals surface area contributed by atoms with Gasteiger partial charge in [0.2, 0.25) is 0 Å². The predicted octanol–water partition coefficient (Wildman–Crippen LogP) is 6.17. The third-order valence-electron chi connectivity index (χ3n) is 19.3. The van der Waals surface area contributed by atoms with Gasteiger partial charge in [0.1, 0.15) is 30.2 Å². The molecule has 1 aromatic heterocycles. The van der Waals surface area contributed by atoms with E-state index in [4.69, 9.17) is 23.4 Å². The highest BCUT2D eigenvalue weighted by Crippen LogP contribution is 2.83. The summed E-state index contributed by atoms with van der Waals surface area (Å²) in [7, 11) is 0. The van der Waals surface area contributed by atoms with E-state index in [9.17, 15) is 14.7 Å². The molecule has 0 radical (unpaired) electrons. The van der Waals surface area contributed by atoms with Gasteiger partial charge in [-0.3, -0.25) is 14.9 Å². The molecule has 11 heteroatoms. The van der Waals surface area contributed by atoms with E-state index < -0.39 is 69.2 Å². The summed E-state index contributed by atoms with van der Waals surface area (Å²) in [5.74, 6) is 0.971. The zero-order chi connectivity index (χ0) is 39.6. The Balaban J connectivity index is 0.924. The van der Waals surface area contributed by atoms with E-state index in [1.165, 1.54) is 19.3 Å². The summed E-state index contributed by atoms with van der Waals surface area (Å²) in [6.07, 6.45) is 16.7. The maximum Gasteiger partial charge on any atom is 0.339 e. The van der Waals surface area contributed by atoms with Crippen LogP contribution in [-0.2, 0) is 39.8 Å². The second-order valence-electron chi connectivity index (χ2n) is 21.7. The lowest BCUT2D eigenvalue weighted by molar-refractivity contribution is -0.282. The molecule has 14 unspecified atom stereocenters. The zero-order valence-electron chi connectivity index (χ0n) is 34.5. The molecule has 11 aliphatic rings. The number of carbonyl (C=O) groups excluding carboxylic acids is 3. The summed E-state index contributed by atoms with van der Waals surface area (Å²) in [5, 5.41) is 16.7. The Bertz CT molecular complexity index is 1950. The first-order valence-electron chi connectivity index (χ1n) is 23.1. The molecule has 10 fully saturated rings. The quantitative estimate of drug-likeness (QED) is 0.261. The van der Waals surface area contributed by atoms with Gasteiger partial charge in [0.05, 0.1) is 36.0 Å². The summed E-state index contributed by atoms with van der Waals surface area (Å²) in [6.45, 7) is 8.29. The van der Waals surface area contributed by atoms with Crippen LogP contribution in [0.5, 0.6) is 0 Å². The number of epoxide rings is 1. The topological polar surface area (TPSA) is 140 Å². The third-order valence-corrected chi connectivity index (χ3v) is 19.3. The maximum atomic E-state index is 15.5. The number of rotatable bonds is 5. The van der Waals surface area contributed by atoms with Gasteiger partial charge >= 0.3 is 11.9 Å². The number of Topliss-reactive ketones (excluding diaryl/α,β-unsaturated/α-hetero) is 1. The second kappa shape index (κ2) is 12.2. The van der Waals surface area contributed by atoms with Crippen molar-refractivity contribution in [2.75, 3.05) is 19.8 Å². The molecule has 0 bridgehead atoms. The Morgan fingerprint density at radius 2 is 1.76 bits per heavy atom. The number of hydrogen-bond acceptors (Lipinski definition) is 11. The van der Waals surface area contributed by atoms with Gasteiger partial charge in [0, 0.05) is 40.8 Å². The van der Waals surface area contributed by atoms with E-state index in [1.807, 2.05) is 19.9 Å². The van der Waals surface area contributed by atoms with Gasteiger partial charge in [-0.25, -0.2) is 4.79 Å². The molecule has 2 N–H and O–H groups in total. The fraction of sp³-hybridized carbons (Fsp3) is 0.809. The van der Waals surface area contributed by atoms with Gasteiger partial charge in [0.25, 0.3) is 0 Å². The first-order chi connectivity index (χ1) is 27.9. The monoisotopic (exact) mass is 798 g/mol. The predicted molar refractivity (Wildman–Crippen MR) is 208 cm³/mol. The number of aliphatic hydroxyl groups is 1. The third kappa shape index (κ3) is 4.29. The number of nitrogens with one attached hydrogen (secondary N) is 1. The van der Waals surface area contributed by atoms with Crippen LogP contribution in [0.25, 0.3) is 0 Å². The number of allylic oxidation sites excluding steroid dienone is 1. The number of aliphatic hydroxyl groups excluding tert-OH is 1. The highest BCUT2D eigenvalue weighted by Gasteiger charge is 2.93. The average molecular weight is 799 g/mol. The molecule has 14 atom stereocenters. The molecule has 58 heavy (non-hydrogen) atoms. The minimum atomic E-state index is -1.36. The summed E-state index contributed by atoms with van der Waals surface area (Å²) < 4.78 is 33.4. The Kier molecular flexibility index (Phi) is 7.81. The fourth-order valence-corrected chi connectivity index (χ4v) is 17.3. The Morgan fingerprint density at radius 1 is 0.948 bits per heavy atom. The number of nitrogens with zero attached hydrogens (tertiary/aromatic N) is 1. The number of esters is 2. The minimum Gasteiger partial charge on any atom is -0.469 e. The van der Waals surface area contributed by atoms with Gasteiger partial charge in [-0.05, 0) is 113 Å². The fourth-order valence-electron chi connectivity index (χ4n) is 17.3. The Labute approximate surface area is 341 Å². The molecular formula is C47H62N2O9. The van der Waals surface area contributed by atoms with Crippen LogP contribution in [0.3, 0.4) is 0 Å². The van der Waals surface area contributed by atoms with E-state index in [-0.39, 0.29) is 30.2 Å². The van der Waals surface area contributed by atoms with Gasteiger partial charge in [-0.2, -0.15) is 0 Å². The summed E-state index contributed by atoms with van der Waals surface area (Å²) in [5.41, 5.74) is -4.65. The van der Waals surface area contributed by atoms with Gasteiger partial charge in [0.15, 0.2) is 11.9 Å². The summed E-state index contributed by atoms with van der Waals surface area (Å²) in [6, 6.07) is 2.60. The van der Waals surface area contributed by atoms with Crippen molar-refractivity contribution in [1.82, 2.24) is 10.2 Å². The molecule has 1 aromatic rings. The first-order valence-corrected chi connectivity index (χ1v) is 23.1. The van der Waals surface area contributed by atoms with Crippen LogP contribution in [0.1, 0.15) is 128 Å². The van der Waals surface area contributed by atoms with Crippen LogP contribution in [0.15, 0.2) is 29.0 Å². The molecule has 5 saturated heterocycles. The first kappa shape index (κ1) is 37.1. The number of hydrogen-bond donors (Lipinski definition) is 2. The highest BCUT2D eigenvalue weighted by molar-refractivity contribution is 5.92. The summed E-state index contributed by atoms with van der Waals surface area (Å²) in [4.78, 5) is 46.4. The maximum absolute atomic E-state index is 15.5. The molecule has 0 amide bonds. The lowest BCUT2D eigenvalue weighted by atomic mass is 9.32. The van der Waals surface area contributed by atoms with Crippen LogP contribution in [0.4, 0.5) is 0 Å². The van der Waals surface area contributed by atoms with Gasteiger partial charge in [-0.15, -0.1) is 0 Å². The number of ether oxygens (including phenoxy) is 4. The molecule has 7 heterocycles. The average Bonchev–Trinajstić information content (AvgIpc) is 3.88. The molecule has 12 rings (SSSR count). The number of aryl methyl sites for hydroxylation is 1. The summed E-state index contributed by atoms with van der Waals surface area (Å²) >= 11 is 0. The van der Waals surface area contributed by atoms with Crippen molar-refractivity contribution in [1.29, 1.82) is 0 Å². The second-order valence-corrected chi connectivity index (χ2v) is 21.7. The van der Waals surface area contributed by atoms with Crippen LogP contribution in [-0.4, -0.2) is 83.1 Å². The lowest BCUT2D eigenvalue weighted by Gasteiger charge is -2.70. The van der Waals surface area contributed by atoms with Crippen molar-refractivity contribution in [2.45, 2.75) is 159 Å². The molecule has 11 nitrogen and oxygen atoms in total. The van der Waals surface area contributed by atoms with Crippen molar-refractivity contribution in [3.63, 3.8) is 0 Å². The molecular weight excluding hydrogens is 737 g/mol. The molecule has 3 spiro atoms. The Hall–Kier alpha value is -2.73. The van der Waals surface area contributed by atoms with Crippen molar-refractivity contribution < 1.29 is 42.9 Å². The smallest absolute Gasteiger partial charge is 0.339 e. The molecule has 314 valence electrons. The van der Waals surface area contributed by atoms with Crippen molar-refractivity contribution in [3.8, 4) is 0 Å². The highest BCUT2D eigenvalue weighted by atomic mass is 16.7. The molecule has 5 saturated carbocycles. The van der Waals surface area contributed by atoms with Gasteiger partial charge in [-0.1, -0.05) is 45.1 Å². The Morgan fingerprint density at radius 3 is 2.57 bits per heavy atom. The zero-order valence-corrected chi connectivity index (χ0v) is 34.5. The molecule has 0 aromatic carbocycles.